The van der Waals surface area contributed by atoms with Crippen molar-refractivity contribution >= 4 is 0 Å². The molecule has 0 aromatic rings. The maximum absolute atomic E-state index is 8.92. The van der Waals surface area contributed by atoms with Gasteiger partial charge in [0.25, 0.3) is 0 Å². The van der Waals surface area contributed by atoms with E-state index in [0.717, 1.165) is 18.9 Å². The molecule has 0 aromatic carbocycles. The number of aliphatic hydroxyl groups excluding tert-OH is 1. The van der Waals surface area contributed by atoms with Gasteiger partial charge in [-0.3, -0.25) is 0 Å². The van der Waals surface area contributed by atoms with Crippen molar-refractivity contribution in [3.63, 3.8) is 0 Å². The van der Waals surface area contributed by atoms with Crippen LogP contribution < -0.4 is 0 Å². The minimum absolute atomic E-state index is 0.341. The van der Waals surface area contributed by atoms with Crippen LogP contribution in [0.15, 0.2) is 0 Å². The maximum atomic E-state index is 8.92. The van der Waals surface area contributed by atoms with Crippen LogP contribution in [0.4, 0.5) is 0 Å². The second-order valence-corrected chi connectivity index (χ2v) is 6.10. The Morgan fingerprint density at radius 2 is 1.61 bits per heavy atom. The largest absolute Gasteiger partial charge is 0.396 e. The van der Waals surface area contributed by atoms with Gasteiger partial charge in [0.05, 0.1) is 0 Å². The predicted octanol–water partition coefficient (Wildman–Crippen LogP) is 1.96. The molecule has 3 heteroatoms. The smallest absolute Gasteiger partial charge is 0.0443 e. The van der Waals surface area contributed by atoms with E-state index in [-0.39, 0.29) is 0 Å². The Labute approximate surface area is 112 Å². The predicted molar refractivity (Wildman–Crippen MR) is 75.8 cm³/mol. The first-order chi connectivity index (χ1) is 8.88. The fraction of sp³-hybridized carbons (Fsp3) is 1.00. The SMILES string of the molecule is OCCCN1CCCC(CN2CCCCCC2)C1. The van der Waals surface area contributed by atoms with E-state index in [9.17, 15) is 0 Å². The third kappa shape index (κ3) is 4.87. The third-order valence-corrected chi connectivity index (χ3v) is 4.45. The van der Waals surface area contributed by atoms with Gasteiger partial charge in [-0.2, -0.15) is 0 Å². The number of piperidine rings is 1. The average molecular weight is 254 g/mol. The Morgan fingerprint density at radius 1 is 0.889 bits per heavy atom. The van der Waals surface area contributed by atoms with Crippen LogP contribution in [-0.2, 0) is 0 Å². The summed E-state index contributed by atoms with van der Waals surface area (Å²) in [7, 11) is 0. The molecule has 2 aliphatic rings. The van der Waals surface area contributed by atoms with E-state index in [4.69, 9.17) is 5.11 Å². The number of nitrogens with zero attached hydrogens (tertiary/aromatic N) is 2. The van der Waals surface area contributed by atoms with E-state index in [2.05, 4.69) is 9.80 Å². The van der Waals surface area contributed by atoms with Crippen LogP contribution in [0.3, 0.4) is 0 Å². The standard InChI is InChI=1S/C15H30N2O/c18-12-6-11-17-10-5-7-15(14-17)13-16-8-3-1-2-4-9-16/h15,18H,1-14H2. The summed E-state index contributed by atoms with van der Waals surface area (Å²) in [4.78, 5) is 5.26. The van der Waals surface area contributed by atoms with E-state index in [1.54, 1.807) is 0 Å². The highest BCUT2D eigenvalue weighted by Gasteiger charge is 2.22. The van der Waals surface area contributed by atoms with Gasteiger partial charge in [-0.25, -0.2) is 0 Å². The Hall–Kier alpha value is -0.120. The Kier molecular flexibility index (Phi) is 6.46. The van der Waals surface area contributed by atoms with Gasteiger partial charge in [0.15, 0.2) is 0 Å². The molecular formula is C15H30N2O. The minimum atomic E-state index is 0.341. The second-order valence-electron chi connectivity index (χ2n) is 6.10. The van der Waals surface area contributed by atoms with E-state index >= 15 is 0 Å². The topological polar surface area (TPSA) is 26.7 Å². The van der Waals surface area contributed by atoms with Crippen molar-refractivity contribution in [2.45, 2.75) is 44.9 Å². The first-order valence-electron chi connectivity index (χ1n) is 7.94. The normalized spacial score (nSPS) is 28.2. The van der Waals surface area contributed by atoms with Gasteiger partial charge >= 0.3 is 0 Å². The zero-order valence-electron chi connectivity index (χ0n) is 11.8. The number of likely N-dealkylation sites (tertiary alicyclic amines) is 2. The minimum Gasteiger partial charge on any atom is -0.396 e. The lowest BCUT2D eigenvalue weighted by atomic mass is 9.97. The molecule has 1 N–H and O–H groups in total. The summed E-state index contributed by atoms with van der Waals surface area (Å²) in [5, 5.41) is 8.92. The number of hydrogen-bond acceptors (Lipinski definition) is 3. The zero-order valence-corrected chi connectivity index (χ0v) is 11.8. The molecule has 106 valence electrons. The van der Waals surface area contributed by atoms with Crippen LogP contribution in [0.5, 0.6) is 0 Å². The molecule has 0 saturated carbocycles. The van der Waals surface area contributed by atoms with Crippen LogP contribution >= 0.6 is 0 Å². The summed E-state index contributed by atoms with van der Waals surface area (Å²) < 4.78 is 0. The van der Waals surface area contributed by atoms with Gasteiger partial charge in [0.1, 0.15) is 0 Å². The summed E-state index contributed by atoms with van der Waals surface area (Å²) >= 11 is 0. The molecule has 2 aliphatic heterocycles. The van der Waals surface area contributed by atoms with E-state index < -0.39 is 0 Å². The van der Waals surface area contributed by atoms with Crippen molar-refractivity contribution in [1.82, 2.24) is 9.80 Å². The Balaban J connectivity index is 1.70. The highest BCUT2D eigenvalue weighted by Crippen LogP contribution is 2.19. The molecule has 2 heterocycles. The van der Waals surface area contributed by atoms with Crippen molar-refractivity contribution < 1.29 is 5.11 Å². The zero-order chi connectivity index (χ0) is 12.6. The molecule has 0 radical (unpaired) electrons. The number of rotatable bonds is 5. The van der Waals surface area contributed by atoms with Crippen molar-refractivity contribution in [2.75, 3.05) is 45.9 Å². The highest BCUT2D eigenvalue weighted by atomic mass is 16.3. The molecule has 3 nitrogen and oxygen atoms in total. The molecule has 2 fully saturated rings. The summed E-state index contributed by atoms with van der Waals surface area (Å²) in [6, 6.07) is 0. The molecule has 0 spiro atoms. The molecule has 1 unspecified atom stereocenters. The van der Waals surface area contributed by atoms with Gasteiger partial charge in [-0.05, 0) is 57.7 Å². The summed E-state index contributed by atoms with van der Waals surface area (Å²) in [6.45, 7) is 7.91. The van der Waals surface area contributed by atoms with Crippen molar-refractivity contribution in [1.29, 1.82) is 0 Å². The maximum Gasteiger partial charge on any atom is 0.0443 e. The molecule has 0 amide bonds. The molecule has 0 aromatic heterocycles. The molecule has 18 heavy (non-hydrogen) atoms. The lowest BCUT2D eigenvalue weighted by Crippen LogP contribution is -2.41. The van der Waals surface area contributed by atoms with Crippen LogP contribution in [0.1, 0.15) is 44.9 Å². The van der Waals surface area contributed by atoms with E-state index in [1.165, 1.54) is 71.2 Å². The molecule has 2 saturated heterocycles. The molecule has 0 aliphatic carbocycles. The van der Waals surface area contributed by atoms with Crippen LogP contribution in [0.25, 0.3) is 0 Å². The summed E-state index contributed by atoms with van der Waals surface area (Å²) in [5.41, 5.74) is 0. The van der Waals surface area contributed by atoms with Gasteiger partial charge in [-0.15, -0.1) is 0 Å². The van der Waals surface area contributed by atoms with Crippen LogP contribution in [0, 0.1) is 5.92 Å². The number of aliphatic hydroxyl groups is 1. The van der Waals surface area contributed by atoms with E-state index in [1.807, 2.05) is 0 Å². The fourth-order valence-electron chi connectivity index (χ4n) is 3.48. The van der Waals surface area contributed by atoms with Crippen LogP contribution in [-0.4, -0.2) is 60.8 Å². The second kappa shape index (κ2) is 8.13. The highest BCUT2D eigenvalue weighted by molar-refractivity contribution is 4.76. The van der Waals surface area contributed by atoms with Gasteiger partial charge in [0.2, 0.25) is 0 Å². The lowest BCUT2D eigenvalue weighted by molar-refractivity contribution is 0.126. The van der Waals surface area contributed by atoms with Crippen molar-refractivity contribution in [2.24, 2.45) is 5.92 Å². The molecule has 2 rings (SSSR count). The quantitative estimate of drug-likeness (QED) is 0.812. The van der Waals surface area contributed by atoms with Gasteiger partial charge < -0.3 is 14.9 Å². The lowest BCUT2D eigenvalue weighted by Gasteiger charge is -2.35. The van der Waals surface area contributed by atoms with Crippen molar-refractivity contribution in [3.05, 3.63) is 0 Å². The van der Waals surface area contributed by atoms with Gasteiger partial charge in [-0.1, -0.05) is 12.8 Å². The van der Waals surface area contributed by atoms with Crippen molar-refractivity contribution in [3.8, 4) is 0 Å². The van der Waals surface area contributed by atoms with E-state index in [0.29, 0.717) is 6.61 Å². The molecular weight excluding hydrogens is 224 g/mol. The molecule has 0 bridgehead atoms. The molecule has 1 atom stereocenters. The summed E-state index contributed by atoms with van der Waals surface area (Å²) in [5.74, 6) is 0.871. The number of hydrogen-bond donors (Lipinski definition) is 1. The fourth-order valence-corrected chi connectivity index (χ4v) is 3.48. The third-order valence-electron chi connectivity index (χ3n) is 4.45. The van der Waals surface area contributed by atoms with Crippen LogP contribution in [0.2, 0.25) is 0 Å². The first kappa shape index (κ1) is 14.3. The van der Waals surface area contributed by atoms with Gasteiger partial charge in [0, 0.05) is 26.2 Å². The first-order valence-corrected chi connectivity index (χ1v) is 7.94. The average Bonchev–Trinajstić information content (AvgIpc) is 2.65. The monoisotopic (exact) mass is 254 g/mol. The summed E-state index contributed by atoms with van der Waals surface area (Å²) in [6.07, 6.45) is 9.38. The Morgan fingerprint density at radius 3 is 2.33 bits per heavy atom. The Bertz CT molecular complexity index is 215.